The summed E-state index contributed by atoms with van der Waals surface area (Å²) in [6, 6.07) is 5.42. The Labute approximate surface area is 150 Å². The monoisotopic (exact) mass is 356 g/mol. The molecule has 0 spiro atoms. The summed E-state index contributed by atoms with van der Waals surface area (Å²) in [5.74, 6) is 1.28. The van der Waals surface area contributed by atoms with Gasteiger partial charge in [-0.05, 0) is 12.1 Å². The zero-order valence-electron chi connectivity index (χ0n) is 14.3. The Bertz CT molecular complexity index is 771. The minimum atomic E-state index is 0.143. The van der Waals surface area contributed by atoms with Gasteiger partial charge in [0.1, 0.15) is 6.07 Å². The second-order valence-electron chi connectivity index (χ2n) is 6.25. The summed E-state index contributed by atoms with van der Waals surface area (Å²) in [6.45, 7) is 6.97. The molecular formula is C17H20N6OS. The molecule has 3 heterocycles. The van der Waals surface area contributed by atoms with Crippen molar-refractivity contribution < 1.29 is 4.79 Å². The molecule has 1 amide bonds. The van der Waals surface area contributed by atoms with Gasteiger partial charge in [-0.3, -0.25) is 4.79 Å². The summed E-state index contributed by atoms with van der Waals surface area (Å²) < 4.78 is 0. The molecule has 130 valence electrons. The van der Waals surface area contributed by atoms with E-state index in [-0.39, 0.29) is 5.91 Å². The number of aromatic nitrogens is 3. The highest BCUT2D eigenvalue weighted by atomic mass is 32.1. The van der Waals surface area contributed by atoms with E-state index in [0.29, 0.717) is 44.2 Å². The topological polar surface area (TPSA) is 86.0 Å². The number of carbonyl (C=O) groups excluding carboxylic acids is 1. The van der Waals surface area contributed by atoms with Crippen LogP contribution in [0.4, 0.5) is 5.82 Å². The molecule has 7 nitrogen and oxygen atoms in total. The van der Waals surface area contributed by atoms with Crippen LogP contribution in [0.5, 0.6) is 0 Å². The smallest absolute Gasteiger partial charge is 0.228 e. The first kappa shape index (κ1) is 17.3. The molecule has 2 aromatic heterocycles. The lowest BCUT2D eigenvalue weighted by Gasteiger charge is -2.35. The van der Waals surface area contributed by atoms with Gasteiger partial charge in [0.15, 0.2) is 11.5 Å². The molecule has 0 radical (unpaired) electrons. The Morgan fingerprint density at radius 2 is 2.04 bits per heavy atom. The number of hydrogen-bond donors (Lipinski definition) is 0. The van der Waals surface area contributed by atoms with E-state index in [4.69, 9.17) is 5.26 Å². The van der Waals surface area contributed by atoms with Gasteiger partial charge < -0.3 is 9.80 Å². The highest BCUT2D eigenvalue weighted by Crippen LogP contribution is 2.22. The molecule has 0 N–H and O–H groups in total. The average Bonchev–Trinajstić information content (AvgIpc) is 3.11. The first-order chi connectivity index (χ1) is 12.1. The molecule has 0 aromatic carbocycles. The third-order valence-corrected chi connectivity index (χ3v) is 5.41. The maximum atomic E-state index is 12.5. The summed E-state index contributed by atoms with van der Waals surface area (Å²) in [5.41, 5.74) is 0.308. The molecule has 25 heavy (non-hydrogen) atoms. The van der Waals surface area contributed by atoms with E-state index < -0.39 is 0 Å². The zero-order valence-corrected chi connectivity index (χ0v) is 15.2. The number of nitrogens with zero attached hydrogens (tertiary/aromatic N) is 6. The van der Waals surface area contributed by atoms with Gasteiger partial charge in [0.05, 0.1) is 11.4 Å². The second kappa shape index (κ2) is 7.57. The predicted molar refractivity (Wildman–Crippen MR) is 95.4 cm³/mol. The van der Waals surface area contributed by atoms with Crippen LogP contribution in [0, 0.1) is 11.3 Å². The molecule has 8 heteroatoms. The molecule has 0 atom stereocenters. The summed E-state index contributed by atoms with van der Waals surface area (Å²) in [6.07, 6.45) is 2.24. The first-order valence-electron chi connectivity index (χ1n) is 8.28. The lowest BCUT2D eigenvalue weighted by atomic mass is 10.2. The molecule has 0 bridgehead atoms. The third-order valence-electron chi connectivity index (χ3n) is 4.11. The standard InChI is InChI=1S/C17H20N6OS/c1-12(2)17-19-11-14(25-17)9-16(24)23-7-5-22(6-8-23)15-4-3-13(10-18)20-21-15/h3-4,11-12H,5-9H2,1-2H3. The van der Waals surface area contributed by atoms with E-state index >= 15 is 0 Å². The SMILES string of the molecule is CC(C)c1ncc(CC(=O)N2CCN(c3ccc(C#N)nn3)CC2)s1. The van der Waals surface area contributed by atoms with Crippen molar-refractivity contribution in [2.24, 2.45) is 0 Å². The van der Waals surface area contributed by atoms with Gasteiger partial charge >= 0.3 is 0 Å². The maximum absolute atomic E-state index is 12.5. The molecule has 3 rings (SSSR count). The van der Waals surface area contributed by atoms with E-state index in [1.807, 2.05) is 17.2 Å². The quantitative estimate of drug-likeness (QED) is 0.830. The van der Waals surface area contributed by atoms with E-state index in [2.05, 4.69) is 33.9 Å². The highest BCUT2D eigenvalue weighted by molar-refractivity contribution is 7.11. The van der Waals surface area contributed by atoms with Gasteiger partial charge in [0, 0.05) is 43.2 Å². The van der Waals surface area contributed by atoms with Gasteiger partial charge in [0.25, 0.3) is 0 Å². The third kappa shape index (κ3) is 4.12. The van der Waals surface area contributed by atoms with Gasteiger partial charge in [0.2, 0.25) is 5.91 Å². The van der Waals surface area contributed by atoms with Crippen LogP contribution < -0.4 is 4.90 Å². The molecule has 1 saturated heterocycles. The normalized spacial score (nSPS) is 14.6. The van der Waals surface area contributed by atoms with Crippen LogP contribution in [-0.2, 0) is 11.2 Å². The summed E-state index contributed by atoms with van der Waals surface area (Å²) >= 11 is 1.62. The lowest BCUT2D eigenvalue weighted by molar-refractivity contribution is -0.130. The number of piperazine rings is 1. The predicted octanol–water partition coefficient (Wildman–Crippen LogP) is 1.82. The van der Waals surface area contributed by atoms with Crippen LogP contribution in [-0.4, -0.2) is 52.2 Å². The summed E-state index contributed by atoms with van der Waals surface area (Å²) in [7, 11) is 0. The van der Waals surface area contributed by atoms with E-state index in [1.54, 1.807) is 23.5 Å². The number of anilines is 1. The largest absolute Gasteiger partial charge is 0.352 e. The Morgan fingerprint density at radius 1 is 1.28 bits per heavy atom. The Balaban J connectivity index is 1.54. The lowest BCUT2D eigenvalue weighted by Crippen LogP contribution is -2.49. The fourth-order valence-corrected chi connectivity index (χ4v) is 3.58. The summed E-state index contributed by atoms with van der Waals surface area (Å²) in [5, 5.41) is 17.8. The van der Waals surface area contributed by atoms with Crippen LogP contribution in [0.25, 0.3) is 0 Å². The van der Waals surface area contributed by atoms with E-state index in [1.165, 1.54) is 0 Å². The molecule has 2 aromatic rings. The fourth-order valence-electron chi connectivity index (χ4n) is 2.67. The van der Waals surface area contributed by atoms with Crippen LogP contribution in [0.1, 0.15) is 35.3 Å². The van der Waals surface area contributed by atoms with Crippen LogP contribution in [0.3, 0.4) is 0 Å². The minimum Gasteiger partial charge on any atom is -0.352 e. The maximum Gasteiger partial charge on any atom is 0.228 e. The number of nitriles is 1. The van der Waals surface area contributed by atoms with Crippen molar-refractivity contribution in [2.45, 2.75) is 26.2 Å². The van der Waals surface area contributed by atoms with Gasteiger partial charge in [-0.15, -0.1) is 21.5 Å². The van der Waals surface area contributed by atoms with Gasteiger partial charge in [-0.25, -0.2) is 4.98 Å². The number of hydrogen-bond acceptors (Lipinski definition) is 7. The average molecular weight is 356 g/mol. The van der Waals surface area contributed by atoms with E-state index in [9.17, 15) is 4.79 Å². The van der Waals surface area contributed by atoms with Gasteiger partial charge in [-0.2, -0.15) is 5.26 Å². The van der Waals surface area contributed by atoms with E-state index in [0.717, 1.165) is 15.7 Å². The molecule has 0 aliphatic carbocycles. The molecule has 1 fully saturated rings. The summed E-state index contributed by atoms with van der Waals surface area (Å²) in [4.78, 5) is 21.9. The highest BCUT2D eigenvalue weighted by Gasteiger charge is 2.23. The van der Waals surface area contributed by atoms with Crippen molar-refractivity contribution in [1.29, 1.82) is 5.26 Å². The second-order valence-corrected chi connectivity index (χ2v) is 7.40. The van der Waals surface area contributed by atoms with Crippen molar-refractivity contribution in [3.63, 3.8) is 0 Å². The Hall–Kier alpha value is -2.53. The number of amides is 1. The number of rotatable bonds is 4. The first-order valence-corrected chi connectivity index (χ1v) is 9.09. The van der Waals surface area contributed by atoms with Crippen molar-refractivity contribution >= 4 is 23.1 Å². The van der Waals surface area contributed by atoms with Crippen molar-refractivity contribution in [1.82, 2.24) is 20.1 Å². The zero-order chi connectivity index (χ0) is 17.8. The number of thiazole rings is 1. The van der Waals surface area contributed by atoms with Crippen LogP contribution >= 0.6 is 11.3 Å². The molecule has 1 aliphatic heterocycles. The van der Waals surface area contributed by atoms with Crippen molar-refractivity contribution in [3.8, 4) is 6.07 Å². The van der Waals surface area contributed by atoms with Crippen molar-refractivity contribution in [2.75, 3.05) is 31.1 Å². The minimum absolute atomic E-state index is 0.143. The molecular weight excluding hydrogens is 336 g/mol. The van der Waals surface area contributed by atoms with Crippen LogP contribution in [0.2, 0.25) is 0 Å². The van der Waals surface area contributed by atoms with Crippen molar-refractivity contribution in [3.05, 3.63) is 33.9 Å². The number of carbonyl (C=O) groups is 1. The Morgan fingerprint density at radius 3 is 2.60 bits per heavy atom. The fraction of sp³-hybridized carbons (Fsp3) is 0.471. The molecule has 1 aliphatic rings. The molecule has 0 unspecified atom stereocenters. The van der Waals surface area contributed by atoms with Gasteiger partial charge in [-0.1, -0.05) is 13.8 Å². The molecule has 0 saturated carbocycles. The Kier molecular flexibility index (Phi) is 5.24. The van der Waals surface area contributed by atoms with Crippen LogP contribution in [0.15, 0.2) is 18.3 Å².